The number of pyridine rings is 1. The van der Waals surface area contributed by atoms with Crippen molar-refractivity contribution in [1.82, 2.24) is 19.7 Å². The van der Waals surface area contributed by atoms with Gasteiger partial charge in [-0.3, -0.25) is 4.79 Å². The molecule has 0 aliphatic carbocycles. The quantitative estimate of drug-likeness (QED) is 0.376. The average Bonchev–Trinajstić information content (AvgIpc) is 3.21. The molecule has 2 aromatic heterocycles. The number of anilines is 1. The number of carbonyl (C=O) groups excluding carboxylic acids is 2. The summed E-state index contributed by atoms with van der Waals surface area (Å²) in [6, 6.07) is 3.87. The van der Waals surface area contributed by atoms with Crippen molar-refractivity contribution < 1.29 is 40.7 Å². The van der Waals surface area contributed by atoms with Gasteiger partial charge in [-0.15, -0.1) is 5.10 Å². The number of nitrogens with two attached hydrogens (primary N) is 1. The van der Waals surface area contributed by atoms with E-state index in [1.54, 1.807) is 0 Å². The molecule has 1 aromatic carbocycles. The van der Waals surface area contributed by atoms with Gasteiger partial charge in [0.05, 0.1) is 35.5 Å². The molecule has 3 rings (SSSR count). The van der Waals surface area contributed by atoms with E-state index >= 15 is 0 Å². The van der Waals surface area contributed by atoms with Crippen molar-refractivity contribution in [3.8, 4) is 11.9 Å². The molecule has 1 atom stereocenters. The molecule has 0 aliphatic rings. The minimum atomic E-state index is -5.15. The normalized spacial score (nSPS) is 12.5. The lowest BCUT2D eigenvalue weighted by molar-refractivity contribution is -0.143. The zero-order chi connectivity index (χ0) is 28.6. The first-order chi connectivity index (χ1) is 17.6. The lowest BCUT2D eigenvalue weighted by Gasteiger charge is -2.26. The van der Waals surface area contributed by atoms with Crippen LogP contribution in [0.1, 0.15) is 56.1 Å². The molecule has 15 heteroatoms. The summed E-state index contributed by atoms with van der Waals surface area (Å²) in [4.78, 5) is 29.7. The molecule has 0 spiro atoms. The molecule has 3 aromatic rings. The maximum Gasteiger partial charge on any atom is 0.416 e. The molecular formula is C23H18F6N6O3. The fourth-order valence-corrected chi connectivity index (χ4v) is 3.52. The number of nitrogens with zero attached hydrogens (tertiary/aromatic N) is 5. The first kappa shape index (κ1) is 28.0. The van der Waals surface area contributed by atoms with Crippen LogP contribution in [-0.2, 0) is 17.1 Å². The first-order valence-corrected chi connectivity index (χ1v) is 10.5. The highest BCUT2D eigenvalue weighted by molar-refractivity contribution is 5.95. The Kier molecular flexibility index (Phi) is 7.39. The summed E-state index contributed by atoms with van der Waals surface area (Å²) in [6.45, 7) is 1.37. The van der Waals surface area contributed by atoms with Crippen LogP contribution in [0.5, 0.6) is 0 Å². The number of nitrogen functional groups attached to an aromatic ring is 1. The number of methoxy groups -OCH3 is 1. The van der Waals surface area contributed by atoms with Crippen molar-refractivity contribution in [1.29, 1.82) is 5.26 Å². The van der Waals surface area contributed by atoms with Crippen LogP contribution in [0.3, 0.4) is 0 Å². The molecule has 0 fully saturated rings. The summed E-state index contributed by atoms with van der Waals surface area (Å²) in [6.07, 6.45) is -9.15. The van der Waals surface area contributed by atoms with Crippen molar-refractivity contribution in [2.45, 2.75) is 25.3 Å². The Bertz CT molecular complexity index is 1390. The minimum absolute atomic E-state index is 0.0258. The maximum absolute atomic E-state index is 13.3. The highest BCUT2D eigenvalue weighted by atomic mass is 19.4. The number of esters is 1. The summed E-state index contributed by atoms with van der Waals surface area (Å²) >= 11 is 0. The van der Waals surface area contributed by atoms with E-state index in [-0.39, 0.29) is 34.5 Å². The first-order valence-electron chi connectivity index (χ1n) is 10.5. The van der Waals surface area contributed by atoms with Crippen molar-refractivity contribution in [2.75, 3.05) is 19.9 Å². The van der Waals surface area contributed by atoms with Crippen LogP contribution in [0.15, 0.2) is 36.5 Å². The monoisotopic (exact) mass is 540 g/mol. The van der Waals surface area contributed by atoms with Crippen LogP contribution < -0.4 is 5.73 Å². The summed E-state index contributed by atoms with van der Waals surface area (Å²) in [5.41, 5.74) is 1.52. The third-order valence-corrected chi connectivity index (χ3v) is 5.58. The van der Waals surface area contributed by atoms with Gasteiger partial charge in [0.2, 0.25) is 0 Å². The van der Waals surface area contributed by atoms with Crippen LogP contribution in [0, 0.1) is 11.3 Å². The van der Waals surface area contributed by atoms with Crippen molar-refractivity contribution in [2.24, 2.45) is 0 Å². The summed E-state index contributed by atoms with van der Waals surface area (Å²) in [7, 11) is 2.29. The predicted octanol–water partition coefficient (Wildman–Crippen LogP) is 4.38. The molecular weight excluding hydrogens is 522 g/mol. The number of alkyl halides is 6. The topological polar surface area (TPSA) is 127 Å². The number of nitriles is 1. The molecule has 0 saturated carbocycles. The Morgan fingerprint density at radius 3 is 2.11 bits per heavy atom. The predicted molar refractivity (Wildman–Crippen MR) is 119 cm³/mol. The number of halogens is 6. The van der Waals surface area contributed by atoms with Crippen molar-refractivity contribution in [3.05, 3.63) is 70.0 Å². The van der Waals surface area contributed by atoms with Gasteiger partial charge < -0.3 is 15.4 Å². The smallest absolute Gasteiger partial charge is 0.416 e. The molecule has 1 unspecified atom stereocenters. The minimum Gasteiger partial charge on any atom is -0.465 e. The SMILES string of the molecule is COC(=O)c1ccc(-n2nc(N)c(C#N)c2C(C)N(C)C(=O)c2cc(C(F)(F)F)cc(C(F)(F)F)c2)nc1. The van der Waals surface area contributed by atoms with Gasteiger partial charge in [0.1, 0.15) is 11.6 Å². The lowest BCUT2D eigenvalue weighted by Crippen LogP contribution is -2.32. The van der Waals surface area contributed by atoms with E-state index in [4.69, 9.17) is 5.73 Å². The molecule has 9 nitrogen and oxygen atoms in total. The Hall–Kier alpha value is -4.61. The molecule has 2 heterocycles. The zero-order valence-corrected chi connectivity index (χ0v) is 19.8. The van der Waals surface area contributed by atoms with Gasteiger partial charge in [-0.1, -0.05) is 0 Å². The van der Waals surface area contributed by atoms with Gasteiger partial charge in [-0.05, 0) is 37.3 Å². The van der Waals surface area contributed by atoms with Crippen molar-refractivity contribution >= 4 is 17.7 Å². The van der Waals surface area contributed by atoms with Crippen LogP contribution in [0.25, 0.3) is 5.82 Å². The highest BCUT2D eigenvalue weighted by Crippen LogP contribution is 2.37. The van der Waals surface area contributed by atoms with Gasteiger partial charge in [0, 0.05) is 18.8 Å². The van der Waals surface area contributed by atoms with E-state index in [0.29, 0.717) is 12.1 Å². The van der Waals surface area contributed by atoms with Gasteiger partial charge in [0.25, 0.3) is 5.91 Å². The molecule has 0 radical (unpaired) electrons. The van der Waals surface area contributed by atoms with E-state index in [1.807, 2.05) is 6.07 Å². The second-order valence-corrected chi connectivity index (χ2v) is 7.95. The van der Waals surface area contributed by atoms with E-state index < -0.39 is 47.0 Å². The molecule has 0 aliphatic heterocycles. The Morgan fingerprint density at radius 1 is 1.08 bits per heavy atom. The number of hydrogen-bond donors (Lipinski definition) is 1. The number of amides is 1. The van der Waals surface area contributed by atoms with E-state index in [0.717, 1.165) is 22.8 Å². The zero-order valence-electron chi connectivity index (χ0n) is 19.8. The standard InChI is InChI=1S/C23H18F6N6O3/c1-11(34(2)20(36)13-6-14(22(24,25)26)8-15(7-13)23(27,28)29)18-16(9-30)19(31)33-35(18)17-5-4-12(10-32-17)21(37)38-3/h4-8,10-11H,1-3H3,(H2,31,33). The largest absolute Gasteiger partial charge is 0.465 e. The number of rotatable bonds is 5. The van der Waals surface area contributed by atoms with Crippen LogP contribution in [0.2, 0.25) is 0 Å². The molecule has 200 valence electrons. The number of ether oxygens (including phenoxy) is 1. The van der Waals surface area contributed by atoms with Crippen LogP contribution in [0.4, 0.5) is 32.2 Å². The second-order valence-electron chi connectivity index (χ2n) is 7.95. The Labute approximate surface area is 211 Å². The van der Waals surface area contributed by atoms with Gasteiger partial charge >= 0.3 is 18.3 Å². The fourth-order valence-electron chi connectivity index (χ4n) is 3.52. The molecule has 38 heavy (non-hydrogen) atoms. The molecule has 0 saturated heterocycles. The highest BCUT2D eigenvalue weighted by Gasteiger charge is 2.38. The van der Waals surface area contributed by atoms with Crippen molar-refractivity contribution in [3.63, 3.8) is 0 Å². The van der Waals surface area contributed by atoms with Gasteiger partial charge in [0.15, 0.2) is 11.6 Å². The Morgan fingerprint density at radius 2 is 1.66 bits per heavy atom. The third-order valence-electron chi connectivity index (χ3n) is 5.58. The number of aromatic nitrogens is 3. The molecule has 2 N–H and O–H groups in total. The van der Waals surface area contributed by atoms with Crippen LogP contribution >= 0.6 is 0 Å². The number of benzene rings is 1. The number of hydrogen-bond acceptors (Lipinski definition) is 7. The Balaban J connectivity index is 2.08. The van der Waals surface area contributed by atoms with Crippen LogP contribution in [-0.4, -0.2) is 45.7 Å². The van der Waals surface area contributed by atoms with Gasteiger partial charge in [-0.25, -0.2) is 14.5 Å². The summed E-state index contributed by atoms with van der Waals surface area (Å²) in [5, 5.41) is 13.7. The van der Waals surface area contributed by atoms with E-state index in [9.17, 15) is 41.2 Å². The fraction of sp³-hybridized carbons (Fsp3) is 0.261. The maximum atomic E-state index is 13.3. The summed E-state index contributed by atoms with van der Waals surface area (Å²) < 4.78 is 85.3. The molecule has 1 amide bonds. The summed E-state index contributed by atoms with van der Waals surface area (Å²) in [5.74, 6) is -2.10. The van der Waals surface area contributed by atoms with Gasteiger partial charge in [-0.2, -0.15) is 31.6 Å². The third kappa shape index (κ3) is 5.38. The lowest BCUT2D eigenvalue weighted by atomic mass is 10.0. The molecule has 0 bridgehead atoms. The second kappa shape index (κ2) is 10.0. The van der Waals surface area contributed by atoms with E-state index in [1.165, 1.54) is 26.2 Å². The van der Waals surface area contributed by atoms with E-state index in [2.05, 4.69) is 14.8 Å². The number of carbonyl (C=O) groups is 2. The average molecular weight is 540 g/mol.